The summed E-state index contributed by atoms with van der Waals surface area (Å²) >= 11 is 3.73. The van der Waals surface area contributed by atoms with Gasteiger partial charge in [0.1, 0.15) is 0 Å². The molecular formula is C15H10S2. The second-order valence-electron chi connectivity index (χ2n) is 4.34. The summed E-state index contributed by atoms with van der Waals surface area (Å²) in [6, 6.07) is 13.5. The van der Waals surface area contributed by atoms with Gasteiger partial charge in [-0.2, -0.15) is 0 Å². The van der Waals surface area contributed by atoms with Crippen LogP contribution in [0.4, 0.5) is 0 Å². The first-order chi connectivity index (χ1) is 8.33. The van der Waals surface area contributed by atoms with Crippen LogP contribution in [-0.4, -0.2) is 0 Å². The van der Waals surface area contributed by atoms with E-state index in [1.165, 1.54) is 35.8 Å². The minimum Gasteiger partial charge on any atom is -0.143 e. The Balaban J connectivity index is 2.33. The summed E-state index contributed by atoms with van der Waals surface area (Å²) in [5.74, 6) is 0. The van der Waals surface area contributed by atoms with Crippen molar-refractivity contribution in [3.8, 4) is 0 Å². The molecule has 17 heavy (non-hydrogen) atoms. The fourth-order valence-corrected chi connectivity index (χ4v) is 4.43. The third-order valence-electron chi connectivity index (χ3n) is 3.22. The van der Waals surface area contributed by atoms with Crippen LogP contribution in [0.1, 0.15) is 4.88 Å². The topological polar surface area (TPSA) is 0 Å². The van der Waals surface area contributed by atoms with E-state index >= 15 is 0 Å². The van der Waals surface area contributed by atoms with Crippen molar-refractivity contribution < 1.29 is 0 Å². The first kappa shape index (κ1) is 9.63. The van der Waals surface area contributed by atoms with E-state index < -0.39 is 0 Å². The molecule has 0 atom stereocenters. The molecular weight excluding hydrogens is 244 g/mol. The number of thiophene rings is 2. The standard InChI is InChI=1S/C15H10S2/c1-9-8-11-3-5-12-13(15(11)17-9)4-2-10-6-7-16-14(10)12/h2-8H,1H3. The molecule has 0 fully saturated rings. The van der Waals surface area contributed by atoms with Crippen molar-refractivity contribution in [1.82, 2.24) is 0 Å². The quantitative estimate of drug-likeness (QED) is 0.384. The Labute approximate surface area is 107 Å². The van der Waals surface area contributed by atoms with Crippen molar-refractivity contribution in [3.05, 3.63) is 46.7 Å². The van der Waals surface area contributed by atoms with Crippen LogP contribution in [0, 0.1) is 6.92 Å². The third kappa shape index (κ3) is 1.28. The number of hydrogen-bond acceptors (Lipinski definition) is 2. The molecule has 0 aliphatic heterocycles. The Hall–Kier alpha value is -1.38. The fourth-order valence-electron chi connectivity index (χ4n) is 2.46. The average molecular weight is 254 g/mol. The number of aryl methyl sites for hydroxylation is 1. The smallest absolute Gasteiger partial charge is 0.0424 e. The molecule has 4 aromatic rings. The zero-order valence-electron chi connectivity index (χ0n) is 9.36. The van der Waals surface area contributed by atoms with Crippen LogP contribution in [0.2, 0.25) is 0 Å². The van der Waals surface area contributed by atoms with Crippen LogP contribution in [0.25, 0.3) is 30.9 Å². The van der Waals surface area contributed by atoms with E-state index in [2.05, 4.69) is 48.7 Å². The Morgan fingerprint density at radius 1 is 0.824 bits per heavy atom. The second-order valence-corrected chi connectivity index (χ2v) is 6.51. The van der Waals surface area contributed by atoms with Crippen molar-refractivity contribution in [2.24, 2.45) is 0 Å². The molecule has 0 bridgehead atoms. The van der Waals surface area contributed by atoms with Gasteiger partial charge in [-0.05, 0) is 35.2 Å². The Kier molecular flexibility index (Phi) is 1.88. The highest BCUT2D eigenvalue weighted by Crippen LogP contribution is 2.37. The molecule has 2 aromatic carbocycles. The maximum Gasteiger partial charge on any atom is 0.0424 e. The SMILES string of the molecule is Cc1cc2ccc3c(ccc4ccsc43)c2s1. The summed E-state index contributed by atoms with van der Waals surface area (Å²) in [7, 11) is 0. The van der Waals surface area contributed by atoms with Gasteiger partial charge in [-0.1, -0.05) is 24.3 Å². The Morgan fingerprint density at radius 3 is 2.47 bits per heavy atom. The van der Waals surface area contributed by atoms with E-state index in [1.807, 2.05) is 22.7 Å². The average Bonchev–Trinajstić information content (AvgIpc) is 2.92. The van der Waals surface area contributed by atoms with Gasteiger partial charge in [-0.15, -0.1) is 22.7 Å². The van der Waals surface area contributed by atoms with E-state index in [9.17, 15) is 0 Å². The lowest BCUT2D eigenvalue weighted by molar-refractivity contribution is 1.66. The molecule has 2 heteroatoms. The van der Waals surface area contributed by atoms with Crippen molar-refractivity contribution in [2.75, 3.05) is 0 Å². The van der Waals surface area contributed by atoms with Crippen LogP contribution in [0.5, 0.6) is 0 Å². The van der Waals surface area contributed by atoms with Crippen molar-refractivity contribution >= 4 is 53.6 Å². The minimum absolute atomic E-state index is 1.36. The molecule has 0 amide bonds. The molecule has 0 aliphatic rings. The molecule has 2 aromatic heterocycles. The third-order valence-corrected chi connectivity index (χ3v) is 5.28. The van der Waals surface area contributed by atoms with Crippen LogP contribution < -0.4 is 0 Å². The maximum atomic E-state index is 2.28. The zero-order chi connectivity index (χ0) is 11.4. The van der Waals surface area contributed by atoms with Gasteiger partial charge in [0.2, 0.25) is 0 Å². The molecule has 0 saturated heterocycles. The molecule has 0 N–H and O–H groups in total. The zero-order valence-corrected chi connectivity index (χ0v) is 11.0. The number of benzene rings is 2. The highest BCUT2D eigenvalue weighted by Gasteiger charge is 2.07. The van der Waals surface area contributed by atoms with Crippen LogP contribution in [-0.2, 0) is 0 Å². The first-order valence-electron chi connectivity index (χ1n) is 5.62. The van der Waals surface area contributed by atoms with Gasteiger partial charge in [0.25, 0.3) is 0 Å². The second kappa shape index (κ2) is 3.31. The predicted octanol–water partition coefficient (Wildman–Crippen LogP) is 5.58. The summed E-state index contributed by atoms with van der Waals surface area (Å²) in [4.78, 5) is 1.39. The molecule has 0 saturated carbocycles. The summed E-state index contributed by atoms with van der Waals surface area (Å²) in [5.41, 5.74) is 0. The van der Waals surface area contributed by atoms with Crippen LogP contribution in [0.15, 0.2) is 41.8 Å². The van der Waals surface area contributed by atoms with Gasteiger partial charge in [0, 0.05) is 25.0 Å². The van der Waals surface area contributed by atoms with Gasteiger partial charge in [-0.3, -0.25) is 0 Å². The molecule has 0 spiro atoms. The molecule has 4 rings (SSSR count). The molecule has 0 unspecified atom stereocenters. The molecule has 82 valence electrons. The minimum atomic E-state index is 1.36. The normalized spacial score (nSPS) is 11.8. The lowest BCUT2D eigenvalue weighted by Gasteiger charge is -2.00. The largest absolute Gasteiger partial charge is 0.143 e. The summed E-state index contributed by atoms with van der Waals surface area (Å²) in [5, 5.41) is 7.70. The highest BCUT2D eigenvalue weighted by molar-refractivity contribution is 7.20. The van der Waals surface area contributed by atoms with Gasteiger partial charge in [0.15, 0.2) is 0 Å². The summed E-state index contributed by atoms with van der Waals surface area (Å²) in [6.45, 7) is 2.18. The van der Waals surface area contributed by atoms with E-state index in [0.29, 0.717) is 0 Å². The first-order valence-corrected chi connectivity index (χ1v) is 7.31. The molecule has 0 aliphatic carbocycles. The van der Waals surface area contributed by atoms with E-state index in [-0.39, 0.29) is 0 Å². The van der Waals surface area contributed by atoms with Crippen molar-refractivity contribution in [1.29, 1.82) is 0 Å². The molecule has 0 radical (unpaired) electrons. The van der Waals surface area contributed by atoms with E-state index in [1.54, 1.807) is 0 Å². The Bertz CT molecular complexity index is 849. The van der Waals surface area contributed by atoms with Gasteiger partial charge in [-0.25, -0.2) is 0 Å². The van der Waals surface area contributed by atoms with Crippen LogP contribution >= 0.6 is 22.7 Å². The van der Waals surface area contributed by atoms with Crippen molar-refractivity contribution in [3.63, 3.8) is 0 Å². The number of rotatable bonds is 0. The van der Waals surface area contributed by atoms with Gasteiger partial charge < -0.3 is 0 Å². The lowest BCUT2D eigenvalue weighted by Crippen LogP contribution is -1.72. The van der Waals surface area contributed by atoms with Crippen LogP contribution in [0.3, 0.4) is 0 Å². The van der Waals surface area contributed by atoms with Gasteiger partial charge >= 0.3 is 0 Å². The van der Waals surface area contributed by atoms with E-state index in [4.69, 9.17) is 0 Å². The number of fused-ring (bicyclic) bond motifs is 5. The number of hydrogen-bond donors (Lipinski definition) is 0. The summed E-state index contributed by atoms with van der Waals surface area (Å²) < 4.78 is 2.84. The maximum absolute atomic E-state index is 2.28. The highest BCUT2D eigenvalue weighted by atomic mass is 32.1. The fraction of sp³-hybridized carbons (Fsp3) is 0.0667. The van der Waals surface area contributed by atoms with Crippen molar-refractivity contribution in [2.45, 2.75) is 6.92 Å². The molecule has 2 heterocycles. The monoisotopic (exact) mass is 254 g/mol. The molecule has 0 nitrogen and oxygen atoms in total. The predicted molar refractivity (Wildman–Crippen MR) is 79.5 cm³/mol. The van der Waals surface area contributed by atoms with E-state index in [0.717, 1.165) is 0 Å². The summed E-state index contributed by atoms with van der Waals surface area (Å²) in [6.07, 6.45) is 0. The van der Waals surface area contributed by atoms with Gasteiger partial charge in [0.05, 0.1) is 0 Å². The lowest BCUT2D eigenvalue weighted by atomic mass is 10.1. The Morgan fingerprint density at radius 2 is 1.59 bits per heavy atom.